The number of hydrogen-bond acceptors (Lipinski definition) is 5. The van der Waals surface area contributed by atoms with E-state index >= 15 is 0 Å². The summed E-state index contributed by atoms with van der Waals surface area (Å²) < 4.78 is 4.92. The fourth-order valence-electron chi connectivity index (χ4n) is 2.66. The number of rotatable bonds is 5. The summed E-state index contributed by atoms with van der Waals surface area (Å²) in [6.45, 7) is 4.26. The Morgan fingerprint density at radius 2 is 2.21 bits per heavy atom. The third-order valence-corrected chi connectivity index (χ3v) is 3.89. The number of benzene rings is 1. The molecule has 0 saturated carbocycles. The van der Waals surface area contributed by atoms with Crippen molar-refractivity contribution in [3.63, 3.8) is 0 Å². The van der Waals surface area contributed by atoms with Gasteiger partial charge >= 0.3 is 0 Å². The van der Waals surface area contributed by atoms with Gasteiger partial charge in [-0.15, -0.1) is 0 Å². The van der Waals surface area contributed by atoms with E-state index in [0.717, 1.165) is 24.3 Å². The SMILES string of the molecule is Cc1cc(NC(=O)[C@@H](C)Nc2cccc(N3CCCC3=O)c2)no1. The predicted octanol–water partition coefficient (Wildman–Crippen LogP) is 2.55. The summed E-state index contributed by atoms with van der Waals surface area (Å²) in [7, 11) is 0. The third-order valence-electron chi connectivity index (χ3n) is 3.89. The fourth-order valence-corrected chi connectivity index (χ4v) is 2.66. The topological polar surface area (TPSA) is 87.5 Å². The number of amides is 2. The molecule has 0 unspecified atom stereocenters. The zero-order valence-electron chi connectivity index (χ0n) is 13.7. The first-order valence-electron chi connectivity index (χ1n) is 7.94. The highest BCUT2D eigenvalue weighted by molar-refractivity contribution is 5.97. The van der Waals surface area contributed by atoms with Gasteiger partial charge in [0.2, 0.25) is 11.8 Å². The fraction of sp³-hybridized carbons (Fsp3) is 0.353. The smallest absolute Gasteiger partial charge is 0.247 e. The van der Waals surface area contributed by atoms with Gasteiger partial charge in [0.05, 0.1) is 0 Å². The number of nitrogens with zero attached hydrogens (tertiary/aromatic N) is 2. The van der Waals surface area contributed by atoms with Crippen LogP contribution in [0, 0.1) is 6.92 Å². The first-order valence-corrected chi connectivity index (χ1v) is 7.94. The lowest BCUT2D eigenvalue weighted by atomic mass is 10.2. The normalized spacial score (nSPS) is 15.4. The van der Waals surface area contributed by atoms with Crippen molar-refractivity contribution in [3.05, 3.63) is 36.1 Å². The number of carbonyl (C=O) groups is 2. The molecule has 1 fully saturated rings. The summed E-state index contributed by atoms with van der Waals surface area (Å²) in [5, 5.41) is 9.57. The van der Waals surface area contributed by atoms with E-state index in [1.807, 2.05) is 24.3 Å². The van der Waals surface area contributed by atoms with E-state index in [0.29, 0.717) is 18.0 Å². The van der Waals surface area contributed by atoms with Gasteiger partial charge in [0, 0.05) is 30.4 Å². The maximum absolute atomic E-state index is 12.2. The van der Waals surface area contributed by atoms with E-state index in [1.165, 1.54) is 0 Å². The lowest BCUT2D eigenvalue weighted by Crippen LogP contribution is -2.32. The van der Waals surface area contributed by atoms with Crippen LogP contribution >= 0.6 is 0 Å². The van der Waals surface area contributed by atoms with E-state index in [9.17, 15) is 9.59 Å². The maximum Gasteiger partial charge on any atom is 0.247 e. The second kappa shape index (κ2) is 6.74. The van der Waals surface area contributed by atoms with E-state index in [4.69, 9.17) is 4.52 Å². The number of hydrogen-bond donors (Lipinski definition) is 2. The van der Waals surface area contributed by atoms with E-state index in [2.05, 4.69) is 15.8 Å². The number of nitrogens with one attached hydrogen (secondary N) is 2. The van der Waals surface area contributed by atoms with Crippen LogP contribution < -0.4 is 15.5 Å². The van der Waals surface area contributed by atoms with E-state index in [1.54, 1.807) is 24.8 Å². The van der Waals surface area contributed by atoms with Gasteiger partial charge in [0.1, 0.15) is 11.8 Å². The van der Waals surface area contributed by atoms with Crippen LogP contribution in [0.5, 0.6) is 0 Å². The Balaban J connectivity index is 1.64. The van der Waals surface area contributed by atoms with Crippen LogP contribution in [0.4, 0.5) is 17.2 Å². The van der Waals surface area contributed by atoms with Crippen LogP contribution in [0.1, 0.15) is 25.5 Å². The van der Waals surface area contributed by atoms with Crippen LogP contribution in [0.2, 0.25) is 0 Å². The molecule has 2 amide bonds. The molecule has 24 heavy (non-hydrogen) atoms. The summed E-state index contributed by atoms with van der Waals surface area (Å²) in [6.07, 6.45) is 1.47. The molecule has 0 bridgehead atoms. The van der Waals surface area contributed by atoms with E-state index < -0.39 is 6.04 Å². The third kappa shape index (κ3) is 3.56. The molecule has 1 aliphatic rings. The van der Waals surface area contributed by atoms with Crippen molar-refractivity contribution >= 4 is 29.0 Å². The van der Waals surface area contributed by atoms with Gasteiger partial charge in [-0.1, -0.05) is 11.2 Å². The van der Waals surface area contributed by atoms with Crippen molar-refractivity contribution < 1.29 is 14.1 Å². The standard InChI is InChI=1S/C17H20N4O3/c1-11-9-15(20-24-11)19-17(23)12(2)18-13-5-3-6-14(10-13)21-8-4-7-16(21)22/h3,5-6,9-10,12,18H,4,7-8H2,1-2H3,(H,19,20,23)/t12-/m1/s1. The molecule has 0 spiro atoms. The van der Waals surface area contributed by atoms with Crippen LogP contribution in [-0.2, 0) is 9.59 Å². The number of aryl methyl sites for hydroxylation is 1. The molecule has 2 heterocycles. The summed E-state index contributed by atoms with van der Waals surface area (Å²) in [6, 6.07) is 8.71. The minimum atomic E-state index is -0.466. The largest absolute Gasteiger partial charge is 0.374 e. The minimum Gasteiger partial charge on any atom is -0.374 e. The first kappa shape index (κ1) is 16.0. The molecule has 0 aliphatic carbocycles. The molecular formula is C17H20N4O3. The predicted molar refractivity (Wildman–Crippen MR) is 91.0 cm³/mol. The van der Waals surface area contributed by atoms with Crippen molar-refractivity contribution in [2.75, 3.05) is 22.1 Å². The molecule has 1 aromatic carbocycles. The Bertz CT molecular complexity index is 756. The number of anilines is 3. The Hall–Kier alpha value is -2.83. The molecule has 126 valence electrons. The molecule has 1 aliphatic heterocycles. The Morgan fingerprint density at radius 1 is 1.38 bits per heavy atom. The summed E-state index contributed by atoms with van der Waals surface area (Å²) >= 11 is 0. The van der Waals surface area contributed by atoms with E-state index in [-0.39, 0.29) is 11.8 Å². The van der Waals surface area contributed by atoms with Crippen molar-refractivity contribution in [2.24, 2.45) is 0 Å². The lowest BCUT2D eigenvalue weighted by Gasteiger charge is -2.19. The first-order chi connectivity index (χ1) is 11.5. The highest BCUT2D eigenvalue weighted by Crippen LogP contribution is 2.24. The molecule has 2 N–H and O–H groups in total. The second-order valence-electron chi connectivity index (χ2n) is 5.88. The average molecular weight is 328 g/mol. The zero-order valence-corrected chi connectivity index (χ0v) is 13.7. The zero-order chi connectivity index (χ0) is 17.1. The van der Waals surface area contributed by atoms with Crippen LogP contribution in [-0.4, -0.2) is 29.6 Å². The Morgan fingerprint density at radius 3 is 2.88 bits per heavy atom. The molecule has 7 nitrogen and oxygen atoms in total. The maximum atomic E-state index is 12.2. The van der Waals surface area contributed by atoms with Gasteiger partial charge in [-0.25, -0.2) is 0 Å². The van der Waals surface area contributed by atoms with Gasteiger partial charge < -0.3 is 20.1 Å². The number of aromatic nitrogens is 1. The Labute approximate surface area is 140 Å². The van der Waals surface area contributed by atoms with Crippen molar-refractivity contribution in [1.82, 2.24) is 5.16 Å². The quantitative estimate of drug-likeness (QED) is 0.881. The highest BCUT2D eigenvalue weighted by atomic mass is 16.5. The summed E-state index contributed by atoms with van der Waals surface area (Å²) in [4.78, 5) is 25.8. The molecular weight excluding hydrogens is 308 g/mol. The van der Waals surface area contributed by atoms with Gasteiger partial charge in [-0.2, -0.15) is 0 Å². The molecule has 3 rings (SSSR count). The monoisotopic (exact) mass is 328 g/mol. The van der Waals surface area contributed by atoms with Crippen LogP contribution in [0.15, 0.2) is 34.9 Å². The van der Waals surface area contributed by atoms with Gasteiger partial charge in [0.15, 0.2) is 5.82 Å². The number of carbonyl (C=O) groups excluding carboxylic acids is 2. The molecule has 1 atom stereocenters. The molecule has 7 heteroatoms. The molecule has 0 radical (unpaired) electrons. The summed E-state index contributed by atoms with van der Waals surface area (Å²) in [5.41, 5.74) is 1.63. The minimum absolute atomic E-state index is 0.138. The summed E-state index contributed by atoms with van der Waals surface area (Å²) in [5.74, 6) is 0.946. The lowest BCUT2D eigenvalue weighted by molar-refractivity contribution is -0.117. The van der Waals surface area contributed by atoms with Crippen LogP contribution in [0.25, 0.3) is 0 Å². The van der Waals surface area contributed by atoms with Crippen LogP contribution in [0.3, 0.4) is 0 Å². The molecule has 1 aromatic heterocycles. The molecule has 2 aromatic rings. The Kier molecular flexibility index (Phi) is 4.50. The second-order valence-corrected chi connectivity index (χ2v) is 5.88. The highest BCUT2D eigenvalue weighted by Gasteiger charge is 2.22. The van der Waals surface area contributed by atoms with Gasteiger partial charge in [0.25, 0.3) is 0 Å². The average Bonchev–Trinajstić information content (AvgIpc) is 3.16. The molecule has 1 saturated heterocycles. The van der Waals surface area contributed by atoms with Crippen molar-refractivity contribution in [1.29, 1.82) is 0 Å². The van der Waals surface area contributed by atoms with Crippen molar-refractivity contribution in [2.45, 2.75) is 32.7 Å². The van der Waals surface area contributed by atoms with Gasteiger partial charge in [-0.05, 0) is 38.5 Å². The van der Waals surface area contributed by atoms with Crippen molar-refractivity contribution in [3.8, 4) is 0 Å². The van der Waals surface area contributed by atoms with Gasteiger partial charge in [-0.3, -0.25) is 9.59 Å².